The van der Waals surface area contributed by atoms with Crippen molar-refractivity contribution in [2.24, 2.45) is 0 Å². The number of phenols is 2. The Morgan fingerprint density at radius 1 is 1.21 bits per heavy atom. The SMILES string of the molecule is CC(C)NC(O)c1cccc(O)c1O. The van der Waals surface area contributed by atoms with E-state index in [1.807, 2.05) is 13.8 Å². The van der Waals surface area contributed by atoms with E-state index in [-0.39, 0.29) is 23.1 Å². The van der Waals surface area contributed by atoms with Gasteiger partial charge >= 0.3 is 0 Å². The molecule has 0 amide bonds. The summed E-state index contributed by atoms with van der Waals surface area (Å²) in [4.78, 5) is 0. The van der Waals surface area contributed by atoms with Crippen LogP contribution in [0.15, 0.2) is 18.2 Å². The van der Waals surface area contributed by atoms with E-state index >= 15 is 0 Å². The minimum Gasteiger partial charge on any atom is -0.504 e. The molecule has 1 atom stereocenters. The second-order valence-electron chi connectivity index (χ2n) is 3.44. The lowest BCUT2D eigenvalue weighted by Crippen LogP contribution is -2.27. The van der Waals surface area contributed by atoms with E-state index < -0.39 is 6.23 Å². The summed E-state index contributed by atoms with van der Waals surface area (Å²) in [6.45, 7) is 3.76. The molecular weight excluding hydrogens is 182 g/mol. The third-order valence-corrected chi connectivity index (χ3v) is 1.83. The van der Waals surface area contributed by atoms with Crippen LogP contribution in [-0.2, 0) is 0 Å². The van der Waals surface area contributed by atoms with Crippen molar-refractivity contribution in [3.8, 4) is 11.5 Å². The number of phenolic OH excluding ortho intramolecular Hbond substituents is 2. The zero-order chi connectivity index (χ0) is 10.7. The molecule has 1 rings (SSSR count). The lowest BCUT2D eigenvalue weighted by molar-refractivity contribution is 0.125. The normalized spacial score (nSPS) is 13.1. The predicted octanol–water partition coefficient (Wildman–Crippen LogP) is 1.09. The first-order chi connectivity index (χ1) is 6.52. The van der Waals surface area contributed by atoms with Crippen molar-refractivity contribution in [2.75, 3.05) is 0 Å². The summed E-state index contributed by atoms with van der Waals surface area (Å²) in [6, 6.07) is 4.57. The monoisotopic (exact) mass is 197 g/mol. The highest BCUT2D eigenvalue weighted by Crippen LogP contribution is 2.31. The molecule has 0 aliphatic heterocycles. The first-order valence-electron chi connectivity index (χ1n) is 4.47. The molecule has 0 aliphatic carbocycles. The molecule has 14 heavy (non-hydrogen) atoms. The van der Waals surface area contributed by atoms with Gasteiger partial charge in [-0.1, -0.05) is 12.1 Å². The van der Waals surface area contributed by atoms with E-state index in [1.165, 1.54) is 6.07 Å². The molecule has 0 aromatic heterocycles. The largest absolute Gasteiger partial charge is 0.504 e. The summed E-state index contributed by atoms with van der Waals surface area (Å²) >= 11 is 0. The standard InChI is InChI=1S/C10H15NO3/c1-6(2)11-10(14)7-4-3-5-8(12)9(7)13/h3-6,10-14H,1-2H3. The molecule has 0 aliphatic rings. The van der Waals surface area contributed by atoms with Gasteiger partial charge in [-0.05, 0) is 19.9 Å². The number of aliphatic hydroxyl groups is 1. The maximum atomic E-state index is 9.61. The van der Waals surface area contributed by atoms with Gasteiger partial charge in [-0.25, -0.2) is 0 Å². The number of aromatic hydroxyl groups is 2. The summed E-state index contributed by atoms with van der Waals surface area (Å²) in [5.41, 5.74) is 0.277. The van der Waals surface area contributed by atoms with Crippen LogP contribution in [0.3, 0.4) is 0 Å². The fourth-order valence-corrected chi connectivity index (χ4v) is 1.17. The fourth-order valence-electron chi connectivity index (χ4n) is 1.17. The number of nitrogens with one attached hydrogen (secondary N) is 1. The van der Waals surface area contributed by atoms with Crippen LogP contribution < -0.4 is 5.32 Å². The van der Waals surface area contributed by atoms with Crippen molar-refractivity contribution >= 4 is 0 Å². The molecule has 0 fully saturated rings. The highest BCUT2D eigenvalue weighted by Gasteiger charge is 2.14. The Bertz CT molecular complexity index is 312. The molecule has 0 saturated heterocycles. The molecule has 1 unspecified atom stereocenters. The first kappa shape index (κ1) is 10.8. The molecule has 4 heteroatoms. The van der Waals surface area contributed by atoms with Gasteiger partial charge in [0.1, 0.15) is 6.23 Å². The van der Waals surface area contributed by atoms with Gasteiger partial charge in [-0.3, -0.25) is 5.32 Å². The van der Waals surface area contributed by atoms with Crippen molar-refractivity contribution in [1.82, 2.24) is 5.32 Å². The van der Waals surface area contributed by atoms with Gasteiger partial charge in [0.25, 0.3) is 0 Å². The molecule has 0 heterocycles. The molecule has 0 spiro atoms. The van der Waals surface area contributed by atoms with Gasteiger partial charge in [-0.2, -0.15) is 0 Å². The van der Waals surface area contributed by atoms with Gasteiger partial charge in [0.05, 0.1) is 0 Å². The number of hydrogen-bond donors (Lipinski definition) is 4. The zero-order valence-electron chi connectivity index (χ0n) is 8.23. The molecular formula is C10H15NO3. The molecule has 0 saturated carbocycles. The maximum Gasteiger partial charge on any atom is 0.164 e. The topological polar surface area (TPSA) is 72.7 Å². The van der Waals surface area contributed by atoms with Crippen LogP contribution in [-0.4, -0.2) is 21.4 Å². The second kappa shape index (κ2) is 4.30. The van der Waals surface area contributed by atoms with Crippen molar-refractivity contribution in [3.63, 3.8) is 0 Å². The average molecular weight is 197 g/mol. The van der Waals surface area contributed by atoms with Crippen molar-refractivity contribution in [2.45, 2.75) is 26.1 Å². The van der Waals surface area contributed by atoms with Crippen LogP contribution in [0.2, 0.25) is 0 Å². The van der Waals surface area contributed by atoms with Crippen LogP contribution in [0.25, 0.3) is 0 Å². The van der Waals surface area contributed by atoms with Gasteiger partial charge < -0.3 is 15.3 Å². The summed E-state index contributed by atoms with van der Waals surface area (Å²) in [6.07, 6.45) is -0.970. The van der Waals surface area contributed by atoms with Crippen molar-refractivity contribution < 1.29 is 15.3 Å². The lowest BCUT2D eigenvalue weighted by atomic mass is 10.1. The minimum absolute atomic E-state index is 0.0896. The number of benzene rings is 1. The second-order valence-corrected chi connectivity index (χ2v) is 3.44. The van der Waals surface area contributed by atoms with Gasteiger partial charge in [0.2, 0.25) is 0 Å². The molecule has 78 valence electrons. The van der Waals surface area contributed by atoms with Gasteiger partial charge in [-0.15, -0.1) is 0 Å². The quantitative estimate of drug-likeness (QED) is 0.432. The predicted molar refractivity (Wildman–Crippen MR) is 53.0 cm³/mol. The maximum absolute atomic E-state index is 9.61. The Kier molecular flexibility index (Phi) is 3.33. The fraction of sp³-hybridized carbons (Fsp3) is 0.400. The zero-order valence-corrected chi connectivity index (χ0v) is 8.23. The Labute approximate surface area is 82.8 Å². The van der Waals surface area contributed by atoms with Gasteiger partial charge in [0, 0.05) is 11.6 Å². The Hall–Kier alpha value is -1.26. The van der Waals surface area contributed by atoms with Crippen LogP contribution in [0, 0.1) is 0 Å². The van der Waals surface area contributed by atoms with Crippen LogP contribution in [0.4, 0.5) is 0 Å². The highest BCUT2D eigenvalue weighted by molar-refractivity contribution is 5.45. The molecule has 1 aromatic carbocycles. The number of para-hydroxylation sites is 1. The van der Waals surface area contributed by atoms with Crippen molar-refractivity contribution in [1.29, 1.82) is 0 Å². The molecule has 0 radical (unpaired) electrons. The molecule has 4 nitrogen and oxygen atoms in total. The van der Waals surface area contributed by atoms with Crippen molar-refractivity contribution in [3.05, 3.63) is 23.8 Å². The Morgan fingerprint density at radius 3 is 2.43 bits per heavy atom. The van der Waals surface area contributed by atoms with Crippen LogP contribution in [0.1, 0.15) is 25.6 Å². The van der Waals surface area contributed by atoms with E-state index in [0.717, 1.165) is 0 Å². The Balaban J connectivity index is 2.89. The van der Waals surface area contributed by atoms with E-state index in [4.69, 9.17) is 0 Å². The molecule has 0 bridgehead atoms. The van der Waals surface area contributed by atoms with E-state index in [1.54, 1.807) is 12.1 Å². The van der Waals surface area contributed by atoms with Gasteiger partial charge in [0.15, 0.2) is 11.5 Å². The number of aliphatic hydroxyl groups excluding tert-OH is 1. The number of hydrogen-bond acceptors (Lipinski definition) is 4. The van der Waals surface area contributed by atoms with E-state index in [2.05, 4.69) is 5.32 Å². The molecule has 4 N–H and O–H groups in total. The number of rotatable bonds is 3. The van der Waals surface area contributed by atoms with Crippen LogP contribution >= 0.6 is 0 Å². The highest BCUT2D eigenvalue weighted by atomic mass is 16.3. The summed E-state index contributed by atoms with van der Waals surface area (Å²) < 4.78 is 0. The van der Waals surface area contributed by atoms with E-state index in [9.17, 15) is 15.3 Å². The van der Waals surface area contributed by atoms with E-state index in [0.29, 0.717) is 0 Å². The summed E-state index contributed by atoms with van der Waals surface area (Å²) in [5.74, 6) is -0.514. The first-order valence-corrected chi connectivity index (χ1v) is 4.47. The third-order valence-electron chi connectivity index (χ3n) is 1.83. The minimum atomic E-state index is -0.970. The summed E-state index contributed by atoms with van der Waals surface area (Å²) in [5, 5.41) is 31.1. The lowest BCUT2D eigenvalue weighted by Gasteiger charge is -2.17. The third kappa shape index (κ3) is 2.37. The average Bonchev–Trinajstić information content (AvgIpc) is 2.08. The Morgan fingerprint density at radius 2 is 1.86 bits per heavy atom. The summed E-state index contributed by atoms with van der Waals surface area (Å²) in [7, 11) is 0. The van der Waals surface area contributed by atoms with Crippen LogP contribution in [0.5, 0.6) is 11.5 Å². The molecule has 1 aromatic rings. The smallest absolute Gasteiger partial charge is 0.164 e.